The third-order valence-electron chi connectivity index (χ3n) is 4.47. The highest BCUT2D eigenvalue weighted by molar-refractivity contribution is 9.11. The lowest BCUT2D eigenvalue weighted by atomic mass is 9.98. The van der Waals surface area contributed by atoms with E-state index in [2.05, 4.69) is 42.5 Å². The number of hydrogen-bond acceptors (Lipinski definition) is 3. The first-order chi connectivity index (χ1) is 11.4. The van der Waals surface area contributed by atoms with Crippen molar-refractivity contribution in [3.05, 3.63) is 27.1 Å². The molecule has 4 amide bonds. The Morgan fingerprint density at radius 2 is 1.96 bits per heavy atom. The molecule has 1 aliphatic carbocycles. The van der Waals surface area contributed by atoms with E-state index >= 15 is 0 Å². The Morgan fingerprint density at radius 1 is 1.25 bits per heavy atom. The lowest BCUT2D eigenvalue weighted by Gasteiger charge is -2.19. The molecule has 1 aromatic carbocycles. The summed E-state index contributed by atoms with van der Waals surface area (Å²) in [6, 6.07) is 5.03. The zero-order valence-corrected chi connectivity index (χ0v) is 16.1. The first-order valence-electron chi connectivity index (χ1n) is 7.80. The molecule has 1 heterocycles. The van der Waals surface area contributed by atoms with Crippen molar-refractivity contribution in [3.8, 4) is 0 Å². The lowest BCUT2D eigenvalue weighted by Crippen LogP contribution is -2.44. The van der Waals surface area contributed by atoms with Gasteiger partial charge in [-0.05, 0) is 47.0 Å². The van der Waals surface area contributed by atoms with Crippen molar-refractivity contribution < 1.29 is 14.4 Å². The summed E-state index contributed by atoms with van der Waals surface area (Å²) >= 11 is 6.73. The minimum Gasteiger partial charge on any atom is -0.325 e. The standard InChI is InChI=1S/C16H17Br2N3O3/c17-10-3-4-12(11(18)9-10)19-13(22)5-8-21-14(23)16(20-15(21)24)6-1-2-7-16/h3-4,9H,1-2,5-8H2,(H,19,22)(H,20,24). The molecule has 24 heavy (non-hydrogen) atoms. The number of nitrogens with one attached hydrogen (secondary N) is 2. The predicted octanol–water partition coefficient (Wildman–Crippen LogP) is 3.40. The van der Waals surface area contributed by atoms with Crippen LogP contribution >= 0.6 is 31.9 Å². The number of halogens is 2. The molecule has 128 valence electrons. The number of hydrogen-bond donors (Lipinski definition) is 2. The summed E-state index contributed by atoms with van der Waals surface area (Å²) in [6.45, 7) is 0.0897. The molecule has 8 heteroatoms. The molecule has 2 aliphatic rings. The molecule has 3 rings (SSSR count). The van der Waals surface area contributed by atoms with Crippen LogP contribution in [0.3, 0.4) is 0 Å². The first kappa shape index (κ1) is 17.4. The average Bonchev–Trinajstić information content (AvgIpc) is 3.07. The van der Waals surface area contributed by atoms with Crippen LogP contribution in [0.1, 0.15) is 32.1 Å². The molecule has 2 N–H and O–H groups in total. The third kappa shape index (κ3) is 3.35. The maximum Gasteiger partial charge on any atom is 0.325 e. The number of nitrogens with zero attached hydrogens (tertiary/aromatic N) is 1. The summed E-state index contributed by atoms with van der Waals surface area (Å²) in [6.07, 6.45) is 3.33. The van der Waals surface area contributed by atoms with Crippen molar-refractivity contribution in [2.45, 2.75) is 37.6 Å². The SMILES string of the molecule is O=C(CCN1C(=O)NC2(CCCC2)C1=O)Nc1ccc(Br)cc1Br. The van der Waals surface area contributed by atoms with Crippen molar-refractivity contribution >= 4 is 55.4 Å². The highest BCUT2D eigenvalue weighted by Crippen LogP contribution is 2.35. The van der Waals surface area contributed by atoms with Gasteiger partial charge in [-0.25, -0.2) is 4.79 Å². The largest absolute Gasteiger partial charge is 0.325 e. The van der Waals surface area contributed by atoms with Gasteiger partial charge in [-0.2, -0.15) is 0 Å². The second kappa shape index (κ2) is 6.84. The van der Waals surface area contributed by atoms with Crippen LogP contribution in [0.5, 0.6) is 0 Å². The van der Waals surface area contributed by atoms with Gasteiger partial charge >= 0.3 is 6.03 Å². The summed E-state index contributed by atoms with van der Waals surface area (Å²) in [7, 11) is 0. The fraction of sp³-hybridized carbons (Fsp3) is 0.438. The Hall–Kier alpha value is -1.41. The van der Waals surface area contributed by atoms with Gasteiger partial charge in [-0.15, -0.1) is 0 Å². The molecule has 1 aliphatic heterocycles. The molecule has 1 saturated heterocycles. The Morgan fingerprint density at radius 3 is 2.62 bits per heavy atom. The molecule has 1 saturated carbocycles. The van der Waals surface area contributed by atoms with Crippen LogP contribution in [-0.2, 0) is 9.59 Å². The van der Waals surface area contributed by atoms with Gasteiger partial charge in [0.15, 0.2) is 0 Å². The second-order valence-corrected chi connectivity index (χ2v) is 7.87. The summed E-state index contributed by atoms with van der Waals surface area (Å²) in [5.41, 5.74) is -0.0740. The average molecular weight is 459 g/mol. The molecule has 0 unspecified atom stereocenters. The van der Waals surface area contributed by atoms with Crippen molar-refractivity contribution in [2.24, 2.45) is 0 Å². The predicted molar refractivity (Wildman–Crippen MR) is 96.5 cm³/mol. The minimum absolute atomic E-state index is 0.0672. The van der Waals surface area contributed by atoms with Gasteiger partial charge in [0.05, 0.1) is 5.69 Å². The number of anilines is 1. The number of benzene rings is 1. The number of urea groups is 1. The van der Waals surface area contributed by atoms with E-state index in [1.165, 1.54) is 4.90 Å². The smallest absolute Gasteiger partial charge is 0.325 e. The molecule has 6 nitrogen and oxygen atoms in total. The summed E-state index contributed by atoms with van der Waals surface area (Å²) < 4.78 is 1.65. The highest BCUT2D eigenvalue weighted by Gasteiger charge is 2.52. The van der Waals surface area contributed by atoms with Crippen LogP contribution in [0.25, 0.3) is 0 Å². The third-order valence-corrected chi connectivity index (χ3v) is 5.62. The van der Waals surface area contributed by atoms with E-state index < -0.39 is 5.54 Å². The van der Waals surface area contributed by atoms with Crippen molar-refractivity contribution in [1.82, 2.24) is 10.2 Å². The fourth-order valence-corrected chi connectivity index (χ4v) is 4.36. The van der Waals surface area contributed by atoms with E-state index in [1.54, 1.807) is 6.07 Å². The van der Waals surface area contributed by atoms with E-state index in [0.29, 0.717) is 18.5 Å². The number of rotatable bonds is 4. The molecule has 0 atom stereocenters. The van der Waals surface area contributed by atoms with Crippen molar-refractivity contribution in [3.63, 3.8) is 0 Å². The summed E-state index contributed by atoms with van der Waals surface area (Å²) in [4.78, 5) is 37.8. The van der Waals surface area contributed by atoms with Gasteiger partial charge in [0.1, 0.15) is 5.54 Å². The van der Waals surface area contributed by atoms with E-state index in [0.717, 1.165) is 21.8 Å². The molecule has 2 fully saturated rings. The number of carbonyl (C=O) groups is 3. The minimum atomic E-state index is -0.720. The molecular formula is C16H17Br2N3O3. The molecule has 1 aromatic rings. The van der Waals surface area contributed by atoms with Gasteiger partial charge in [0, 0.05) is 21.9 Å². The van der Waals surface area contributed by atoms with Crippen LogP contribution in [0.2, 0.25) is 0 Å². The molecule has 0 bridgehead atoms. The van der Waals surface area contributed by atoms with Crippen LogP contribution in [-0.4, -0.2) is 34.8 Å². The van der Waals surface area contributed by atoms with Crippen LogP contribution in [0.15, 0.2) is 27.1 Å². The van der Waals surface area contributed by atoms with E-state index in [4.69, 9.17) is 0 Å². The second-order valence-electron chi connectivity index (χ2n) is 6.10. The van der Waals surface area contributed by atoms with Gasteiger partial charge < -0.3 is 10.6 Å². The molecule has 1 spiro atoms. The van der Waals surface area contributed by atoms with Crippen LogP contribution in [0.4, 0.5) is 10.5 Å². The normalized spacial score (nSPS) is 19.0. The Kier molecular flexibility index (Phi) is 4.96. The maximum atomic E-state index is 12.5. The van der Waals surface area contributed by atoms with Crippen LogP contribution < -0.4 is 10.6 Å². The first-order valence-corrected chi connectivity index (χ1v) is 9.39. The quantitative estimate of drug-likeness (QED) is 0.678. The zero-order chi connectivity index (χ0) is 17.3. The van der Waals surface area contributed by atoms with Crippen LogP contribution in [0, 0.1) is 0 Å². The maximum absolute atomic E-state index is 12.5. The molecule has 0 aromatic heterocycles. The fourth-order valence-electron chi connectivity index (χ4n) is 3.21. The van der Waals surface area contributed by atoms with Gasteiger partial charge in [-0.1, -0.05) is 28.8 Å². The monoisotopic (exact) mass is 457 g/mol. The Labute approximate surface area is 156 Å². The Balaban J connectivity index is 1.58. The highest BCUT2D eigenvalue weighted by atomic mass is 79.9. The molecule has 0 radical (unpaired) electrons. The number of imide groups is 1. The van der Waals surface area contributed by atoms with E-state index in [-0.39, 0.29) is 30.8 Å². The summed E-state index contributed by atoms with van der Waals surface area (Å²) in [5.74, 6) is -0.436. The summed E-state index contributed by atoms with van der Waals surface area (Å²) in [5, 5.41) is 5.59. The zero-order valence-electron chi connectivity index (χ0n) is 12.9. The van der Waals surface area contributed by atoms with E-state index in [9.17, 15) is 14.4 Å². The van der Waals surface area contributed by atoms with Gasteiger partial charge in [0.25, 0.3) is 5.91 Å². The topological polar surface area (TPSA) is 78.5 Å². The molecular weight excluding hydrogens is 442 g/mol. The van der Waals surface area contributed by atoms with E-state index in [1.807, 2.05) is 12.1 Å². The number of carbonyl (C=O) groups excluding carboxylic acids is 3. The van der Waals surface area contributed by atoms with Gasteiger partial charge in [0.2, 0.25) is 5.91 Å². The number of amides is 4. The van der Waals surface area contributed by atoms with Crippen molar-refractivity contribution in [1.29, 1.82) is 0 Å². The van der Waals surface area contributed by atoms with Gasteiger partial charge in [-0.3, -0.25) is 14.5 Å². The lowest BCUT2D eigenvalue weighted by molar-refractivity contribution is -0.131. The Bertz CT molecular complexity index is 702. The van der Waals surface area contributed by atoms with Crippen molar-refractivity contribution in [2.75, 3.05) is 11.9 Å².